The fourth-order valence-electron chi connectivity index (χ4n) is 2.38. The fourth-order valence-corrected chi connectivity index (χ4v) is 3.76. The van der Waals surface area contributed by atoms with Gasteiger partial charge in [-0.25, -0.2) is 13.1 Å². The van der Waals surface area contributed by atoms with E-state index in [-0.39, 0.29) is 11.6 Å². The summed E-state index contributed by atoms with van der Waals surface area (Å²) in [5, 5.41) is 1.75. The summed E-state index contributed by atoms with van der Waals surface area (Å²) in [5.41, 5.74) is 2.38. The van der Waals surface area contributed by atoms with Crippen LogP contribution in [0.4, 0.5) is 0 Å². The molecule has 3 aromatic rings. The predicted octanol–water partition coefficient (Wildman–Crippen LogP) is 3.61. The average Bonchev–Trinajstić information content (AvgIpc) is 2.85. The van der Waals surface area contributed by atoms with E-state index in [1.165, 1.54) is 0 Å². The summed E-state index contributed by atoms with van der Waals surface area (Å²) in [6, 6.07) is 14.6. The number of rotatable bonds is 4. The van der Waals surface area contributed by atoms with Crippen LogP contribution < -0.4 is 4.72 Å². The maximum atomic E-state index is 12.5. The number of aromatic amines is 1. The first-order chi connectivity index (χ1) is 10.5. The van der Waals surface area contributed by atoms with E-state index >= 15 is 0 Å². The third kappa shape index (κ3) is 2.88. The van der Waals surface area contributed by atoms with Gasteiger partial charge in [0.15, 0.2) is 5.03 Å². The van der Waals surface area contributed by atoms with Crippen molar-refractivity contribution < 1.29 is 8.42 Å². The van der Waals surface area contributed by atoms with E-state index in [4.69, 9.17) is 11.6 Å². The molecule has 0 radical (unpaired) electrons. The number of sulfonamides is 1. The number of fused-ring (bicyclic) bond motifs is 1. The minimum atomic E-state index is -3.60. The Morgan fingerprint density at radius 3 is 2.45 bits per heavy atom. The smallest absolute Gasteiger partial charge is 0.256 e. The Bertz CT molecular complexity index is 915. The molecule has 0 fully saturated rings. The highest BCUT2D eigenvalue weighted by Gasteiger charge is 2.20. The molecule has 0 aliphatic rings. The van der Waals surface area contributed by atoms with Crippen LogP contribution >= 0.6 is 11.6 Å². The molecule has 3 rings (SSSR count). The topological polar surface area (TPSA) is 62.0 Å². The molecule has 0 amide bonds. The van der Waals surface area contributed by atoms with Gasteiger partial charge in [-0.1, -0.05) is 41.9 Å². The first-order valence-electron chi connectivity index (χ1n) is 6.79. The van der Waals surface area contributed by atoms with E-state index < -0.39 is 10.0 Å². The number of aromatic nitrogens is 1. The minimum Gasteiger partial charge on any atom is -0.344 e. The standard InChI is InChI=1S/C16H15ClN2O2S/c1-11-14-4-2-3-5-15(14)19-16(11)22(20,21)18-10-12-6-8-13(17)9-7-12/h2-9,18-19H,10H2,1H3. The lowest BCUT2D eigenvalue weighted by atomic mass is 10.2. The highest BCUT2D eigenvalue weighted by atomic mass is 35.5. The molecule has 0 atom stereocenters. The van der Waals surface area contributed by atoms with E-state index in [2.05, 4.69) is 9.71 Å². The second-order valence-electron chi connectivity index (χ2n) is 5.08. The quantitative estimate of drug-likeness (QED) is 0.765. The molecule has 1 aromatic heterocycles. The summed E-state index contributed by atoms with van der Waals surface area (Å²) in [4.78, 5) is 2.98. The van der Waals surface area contributed by atoms with Gasteiger partial charge in [-0.3, -0.25) is 0 Å². The highest BCUT2D eigenvalue weighted by Crippen LogP contribution is 2.24. The number of hydrogen-bond donors (Lipinski definition) is 2. The monoisotopic (exact) mass is 334 g/mol. The first kappa shape index (κ1) is 15.1. The zero-order chi connectivity index (χ0) is 15.7. The minimum absolute atomic E-state index is 0.211. The van der Waals surface area contributed by atoms with E-state index in [0.717, 1.165) is 22.0 Å². The van der Waals surface area contributed by atoms with Crippen LogP contribution in [0.1, 0.15) is 11.1 Å². The summed E-state index contributed by atoms with van der Waals surface area (Å²) in [6.45, 7) is 2.02. The largest absolute Gasteiger partial charge is 0.344 e. The number of benzene rings is 2. The van der Waals surface area contributed by atoms with Crippen molar-refractivity contribution in [1.82, 2.24) is 9.71 Å². The van der Waals surface area contributed by atoms with Crippen molar-refractivity contribution in [2.75, 3.05) is 0 Å². The Morgan fingerprint density at radius 1 is 1.09 bits per heavy atom. The number of para-hydroxylation sites is 1. The number of halogens is 1. The van der Waals surface area contributed by atoms with Gasteiger partial charge in [0.2, 0.25) is 0 Å². The number of nitrogens with one attached hydrogen (secondary N) is 2. The van der Waals surface area contributed by atoms with E-state index in [1.807, 2.05) is 24.3 Å². The Hall–Kier alpha value is -1.82. The summed E-state index contributed by atoms with van der Waals surface area (Å²) in [7, 11) is -3.60. The van der Waals surface area contributed by atoms with Crippen molar-refractivity contribution >= 4 is 32.5 Å². The second-order valence-corrected chi connectivity index (χ2v) is 7.22. The Labute approximate surface area is 134 Å². The molecule has 1 heterocycles. The lowest BCUT2D eigenvalue weighted by molar-refractivity contribution is 0.577. The van der Waals surface area contributed by atoms with Gasteiger partial charge in [-0.2, -0.15) is 0 Å². The lowest BCUT2D eigenvalue weighted by Gasteiger charge is -2.06. The van der Waals surface area contributed by atoms with Crippen molar-refractivity contribution in [2.45, 2.75) is 18.5 Å². The molecule has 114 valence electrons. The predicted molar refractivity (Wildman–Crippen MR) is 88.5 cm³/mol. The number of H-pyrrole nitrogens is 1. The van der Waals surface area contributed by atoms with Crippen LogP contribution in [0.15, 0.2) is 53.6 Å². The van der Waals surface area contributed by atoms with Gasteiger partial charge in [0.1, 0.15) is 0 Å². The van der Waals surface area contributed by atoms with Gasteiger partial charge in [-0.05, 0) is 36.2 Å². The van der Waals surface area contributed by atoms with Crippen LogP contribution in [0.5, 0.6) is 0 Å². The number of hydrogen-bond acceptors (Lipinski definition) is 2. The molecule has 4 nitrogen and oxygen atoms in total. The van der Waals surface area contributed by atoms with Crippen LogP contribution in [0.2, 0.25) is 5.02 Å². The van der Waals surface area contributed by atoms with Crippen LogP contribution in [0.25, 0.3) is 10.9 Å². The third-order valence-corrected chi connectivity index (χ3v) is 5.29. The fraction of sp³-hybridized carbons (Fsp3) is 0.125. The summed E-state index contributed by atoms with van der Waals surface area (Å²) in [6.07, 6.45) is 0. The van der Waals surface area contributed by atoms with Gasteiger partial charge in [-0.15, -0.1) is 0 Å². The van der Waals surface area contributed by atoms with Crippen LogP contribution in [0.3, 0.4) is 0 Å². The maximum Gasteiger partial charge on any atom is 0.256 e. The first-order valence-corrected chi connectivity index (χ1v) is 8.65. The highest BCUT2D eigenvalue weighted by molar-refractivity contribution is 7.89. The van der Waals surface area contributed by atoms with E-state index in [0.29, 0.717) is 5.02 Å². The summed E-state index contributed by atoms with van der Waals surface area (Å²) >= 11 is 5.82. The van der Waals surface area contributed by atoms with Gasteiger partial charge >= 0.3 is 0 Å². The molecule has 2 aromatic carbocycles. The van der Waals surface area contributed by atoms with Crippen LogP contribution in [0, 0.1) is 6.92 Å². The zero-order valence-electron chi connectivity index (χ0n) is 11.9. The average molecular weight is 335 g/mol. The molecular formula is C16H15ClN2O2S. The van der Waals surface area contributed by atoms with Crippen LogP contribution in [-0.2, 0) is 16.6 Å². The van der Waals surface area contributed by atoms with Crippen molar-refractivity contribution in [3.05, 3.63) is 64.7 Å². The Morgan fingerprint density at radius 2 is 1.77 bits per heavy atom. The lowest BCUT2D eigenvalue weighted by Crippen LogP contribution is -2.24. The van der Waals surface area contributed by atoms with Gasteiger partial charge in [0.25, 0.3) is 10.0 Å². The molecule has 6 heteroatoms. The van der Waals surface area contributed by atoms with Crippen molar-refractivity contribution in [1.29, 1.82) is 0 Å². The third-order valence-electron chi connectivity index (χ3n) is 3.57. The molecule has 0 saturated carbocycles. The van der Waals surface area contributed by atoms with Gasteiger partial charge in [0.05, 0.1) is 0 Å². The van der Waals surface area contributed by atoms with Crippen molar-refractivity contribution in [3.8, 4) is 0 Å². The zero-order valence-corrected chi connectivity index (χ0v) is 13.5. The van der Waals surface area contributed by atoms with E-state index in [9.17, 15) is 8.42 Å². The summed E-state index contributed by atoms with van der Waals surface area (Å²) in [5.74, 6) is 0. The molecule has 22 heavy (non-hydrogen) atoms. The SMILES string of the molecule is Cc1c(S(=O)(=O)NCc2ccc(Cl)cc2)[nH]c2ccccc12. The van der Waals surface area contributed by atoms with Gasteiger partial charge in [0, 0.05) is 22.5 Å². The molecule has 0 spiro atoms. The molecule has 0 bridgehead atoms. The molecule has 0 unspecified atom stereocenters. The van der Waals surface area contributed by atoms with E-state index in [1.54, 1.807) is 31.2 Å². The van der Waals surface area contributed by atoms with Gasteiger partial charge < -0.3 is 4.98 Å². The number of aryl methyl sites for hydroxylation is 1. The Balaban J connectivity index is 1.88. The van der Waals surface area contributed by atoms with Crippen molar-refractivity contribution in [2.24, 2.45) is 0 Å². The normalized spacial score (nSPS) is 11.9. The van der Waals surface area contributed by atoms with Crippen LogP contribution in [-0.4, -0.2) is 13.4 Å². The maximum absolute atomic E-state index is 12.5. The molecule has 0 saturated heterocycles. The molecule has 2 N–H and O–H groups in total. The second kappa shape index (κ2) is 5.76. The summed E-state index contributed by atoms with van der Waals surface area (Å²) < 4.78 is 27.6. The molecule has 0 aliphatic carbocycles. The molecule has 0 aliphatic heterocycles. The molecular weight excluding hydrogens is 320 g/mol. The van der Waals surface area contributed by atoms with Crippen molar-refractivity contribution in [3.63, 3.8) is 0 Å². The Kier molecular flexibility index (Phi) is 3.95.